The van der Waals surface area contributed by atoms with E-state index in [1.54, 1.807) is 0 Å². The van der Waals surface area contributed by atoms with Crippen molar-refractivity contribution < 1.29 is 5.11 Å². The molecule has 2 rings (SSSR count). The van der Waals surface area contributed by atoms with Crippen molar-refractivity contribution in [2.24, 2.45) is 0 Å². The van der Waals surface area contributed by atoms with Gasteiger partial charge in [0.1, 0.15) is 0 Å². The van der Waals surface area contributed by atoms with Gasteiger partial charge in [-0.2, -0.15) is 0 Å². The number of benzene rings is 1. The van der Waals surface area contributed by atoms with Gasteiger partial charge in [0.2, 0.25) is 0 Å². The van der Waals surface area contributed by atoms with E-state index in [1.165, 1.54) is 24.1 Å². The maximum atomic E-state index is 9.64. The Hall–Kier alpha value is -1.06. The number of nitrogens with zero attached hydrogens (tertiary/aromatic N) is 1. The van der Waals surface area contributed by atoms with Gasteiger partial charge in [0, 0.05) is 18.3 Å². The molecule has 1 saturated heterocycles. The summed E-state index contributed by atoms with van der Waals surface area (Å²) in [4.78, 5) is 2.41. The first-order chi connectivity index (χ1) is 9.77. The molecule has 0 saturated carbocycles. The summed E-state index contributed by atoms with van der Waals surface area (Å²) in [6.07, 6.45) is 4.70. The largest absolute Gasteiger partial charge is 0.394 e. The van der Waals surface area contributed by atoms with Crippen LogP contribution in [0, 0.1) is 0 Å². The minimum Gasteiger partial charge on any atom is -0.394 e. The molecular weight excluding hydrogens is 248 g/mol. The predicted molar refractivity (Wildman–Crippen MR) is 85.2 cm³/mol. The summed E-state index contributed by atoms with van der Waals surface area (Å²) in [7, 11) is 0. The maximum Gasteiger partial charge on any atom is 0.0635 e. The third kappa shape index (κ3) is 3.53. The number of para-hydroxylation sites is 1. The van der Waals surface area contributed by atoms with Gasteiger partial charge in [-0.1, -0.05) is 25.1 Å². The van der Waals surface area contributed by atoms with Gasteiger partial charge in [0.05, 0.1) is 12.6 Å². The lowest BCUT2D eigenvalue weighted by atomic mass is 9.98. The Morgan fingerprint density at radius 1 is 1.35 bits per heavy atom. The zero-order chi connectivity index (χ0) is 14.4. The molecule has 0 aromatic heterocycles. The van der Waals surface area contributed by atoms with E-state index in [0.717, 1.165) is 25.9 Å². The van der Waals surface area contributed by atoms with E-state index in [9.17, 15) is 5.11 Å². The van der Waals surface area contributed by atoms with Gasteiger partial charge >= 0.3 is 0 Å². The molecule has 1 aromatic rings. The quantitative estimate of drug-likeness (QED) is 0.838. The second-order valence-electron chi connectivity index (χ2n) is 5.76. The number of rotatable bonds is 6. The molecule has 1 aliphatic heterocycles. The summed E-state index contributed by atoms with van der Waals surface area (Å²) in [5, 5.41) is 13.2. The molecule has 1 fully saturated rings. The average Bonchev–Trinajstić information content (AvgIpc) is 2.52. The molecular formula is C17H28N2O. The summed E-state index contributed by atoms with van der Waals surface area (Å²) in [5.41, 5.74) is 2.64. The Morgan fingerprint density at radius 2 is 2.15 bits per heavy atom. The van der Waals surface area contributed by atoms with E-state index >= 15 is 0 Å². The SMILES string of the molecule is CCCNC(C)c1ccccc1N1CCCCC1CO. The molecule has 2 N–H and O–H groups in total. The highest BCUT2D eigenvalue weighted by Crippen LogP contribution is 2.31. The van der Waals surface area contributed by atoms with Crippen LogP contribution in [0.1, 0.15) is 51.1 Å². The molecule has 1 heterocycles. The number of hydrogen-bond acceptors (Lipinski definition) is 3. The highest BCUT2D eigenvalue weighted by atomic mass is 16.3. The highest BCUT2D eigenvalue weighted by molar-refractivity contribution is 5.56. The number of nitrogens with one attached hydrogen (secondary N) is 1. The van der Waals surface area contributed by atoms with Gasteiger partial charge in [0.15, 0.2) is 0 Å². The summed E-state index contributed by atoms with van der Waals surface area (Å²) in [5.74, 6) is 0. The van der Waals surface area contributed by atoms with Crippen LogP contribution in [-0.4, -0.2) is 30.8 Å². The summed E-state index contributed by atoms with van der Waals surface area (Å²) >= 11 is 0. The summed E-state index contributed by atoms with van der Waals surface area (Å²) < 4.78 is 0. The Kier molecular flexibility index (Phi) is 5.86. The van der Waals surface area contributed by atoms with Gasteiger partial charge in [-0.25, -0.2) is 0 Å². The zero-order valence-electron chi connectivity index (χ0n) is 12.8. The minimum absolute atomic E-state index is 0.255. The van der Waals surface area contributed by atoms with Crippen LogP contribution in [0.4, 0.5) is 5.69 Å². The molecule has 0 aliphatic carbocycles. The van der Waals surface area contributed by atoms with Crippen molar-refractivity contribution in [3.8, 4) is 0 Å². The molecule has 0 radical (unpaired) electrons. The average molecular weight is 276 g/mol. The molecule has 0 spiro atoms. The van der Waals surface area contributed by atoms with Crippen molar-refractivity contribution in [3.05, 3.63) is 29.8 Å². The lowest BCUT2D eigenvalue weighted by molar-refractivity contribution is 0.240. The zero-order valence-corrected chi connectivity index (χ0v) is 12.8. The molecule has 112 valence electrons. The molecule has 1 aliphatic rings. The van der Waals surface area contributed by atoms with Crippen molar-refractivity contribution in [1.29, 1.82) is 0 Å². The van der Waals surface area contributed by atoms with Crippen molar-refractivity contribution in [1.82, 2.24) is 5.32 Å². The van der Waals surface area contributed by atoms with E-state index in [-0.39, 0.29) is 12.6 Å². The topological polar surface area (TPSA) is 35.5 Å². The van der Waals surface area contributed by atoms with E-state index < -0.39 is 0 Å². The molecule has 0 amide bonds. The number of aliphatic hydroxyl groups is 1. The predicted octanol–water partition coefficient (Wildman–Crippen LogP) is 3.10. The van der Waals surface area contributed by atoms with Gasteiger partial charge in [-0.15, -0.1) is 0 Å². The van der Waals surface area contributed by atoms with Crippen molar-refractivity contribution in [3.63, 3.8) is 0 Å². The number of hydrogen-bond donors (Lipinski definition) is 2. The van der Waals surface area contributed by atoms with Crippen LogP contribution in [0.25, 0.3) is 0 Å². The first-order valence-electron chi connectivity index (χ1n) is 7.97. The van der Waals surface area contributed by atoms with Gasteiger partial charge < -0.3 is 15.3 Å². The Labute approximate surface area is 123 Å². The van der Waals surface area contributed by atoms with Gasteiger partial charge in [-0.3, -0.25) is 0 Å². The van der Waals surface area contributed by atoms with Crippen LogP contribution < -0.4 is 10.2 Å². The van der Waals surface area contributed by atoms with Crippen LogP contribution in [0.5, 0.6) is 0 Å². The van der Waals surface area contributed by atoms with E-state index in [4.69, 9.17) is 0 Å². The first kappa shape index (κ1) is 15.3. The first-order valence-corrected chi connectivity index (χ1v) is 7.97. The molecule has 3 nitrogen and oxygen atoms in total. The number of aliphatic hydroxyl groups excluding tert-OH is 1. The Balaban J connectivity index is 2.21. The van der Waals surface area contributed by atoms with Crippen LogP contribution in [0.3, 0.4) is 0 Å². The molecule has 3 heteroatoms. The molecule has 2 unspecified atom stereocenters. The van der Waals surface area contributed by atoms with E-state index in [1.807, 2.05) is 0 Å². The summed E-state index contributed by atoms with van der Waals surface area (Å²) in [6.45, 7) is 6.78. The van der Waals surface area contributed by atoms with E-state index in [0.29, 0.717) is 6.04 Å². The second kappa shape index (κ2) is 7.65. The highest BCUT2D eigenvalue weighted by Gasteiger charge is 2.24. The lowest BCUT2D eigenvalue weighted by Crippen LogP contribution is -2.42. The van der Waals surface area contributed by atoms with Crippen molar-refractivity contribution >= 4 is 5.69 Å². The summed E-state index contributed by atoms with van der Waals surface area (Å²) in [6, 6.07) is 9.27. The van der Waals surface area contributed by atoms with Crippen LogP contribution in [0.15, 0.2) is 24.3 Å². The number of piperidine rings is 1. The standard InChI is InChI=1S/C17H28N2O/c1-3-11-18-14(2)16-9-4-5-10-17(16)19-12-7-6-8-15(19)13-20/h4-5,9-10,14-15,18,20H,3,6-8,11-13H2,1-2H3. The minimum atomic E-state index is 0.255. The van der Waals surface area contributed by atoms with Gasteiger partial charge in [-0.05, 0) is 50.8 Å². The normalized spacial score (nSPS) is 20.9. The monoisotopic (exact) mass is 276 g/mol. The van der Waals surface area contributed by atoms with Gasteiger partial charge in [0.25, 0.3) is 0 Å². The fourth-order valence-corrected chi connectivity index (χ4v) is 3.09. The molecule has 2 atom stereocenters. The van der Waals surface area contributed by atoms with E-state index in [2.05, 4.69) is 48.3 Å². The van der Waals surface area contributed by atoms with Crippen LogP contribution in [-0.2, 0) is 0 Å². The molecule has 1 aromatic carbocycles. The molecule has 20 heavy (non-hydrogen) atoms. The van der Waals surface area contributed by atoms with Crippen LogP contribution >= 0.6 is 0 Å². The lowest BCUT2D eigenvalue weighted by Gasteiger charge is -2.38. The Morgan fingerprint density at radius 3 is 2.90 bits per heavy atom. The molecule has 0 bridgehead atoms. The Bertz CT molecular complexity index is 408. The van der Waals surface area contributed by atoms with Crippen LogP contribution in [0.2, 0.25) is 0 Å². The maximum absolute atomic E-state index is 9.64. The smallest absolute Gasteiger partial charge is 0.0635 e. The number of anilines is 1. The third-order valence-corrected chi connectivity index (χ3v) is 4.25. The van der Waals surface area contributed by atoms with Crippen molar-refractivity contribution in [2.75, 3.05) is 24.6 Å². The fourth-order valence-electron chi connectivity index (χ4n) is 3.09. The second-order valence-corrected chi connectivity index (χ2v) is 5.76. The van der Waals surface area contributed by atoms with Crippen molar-refractivity contribution in [2.45, 2.75) is 51.6 Å². The third-order valence-electron chi connectivity index (χ3n) is 4.25. The fraction of sp³-hybridized carbons (Fsp3) is 0.647.